The molecule has 0 spiro atoms. The third-order valence-electron chi connectivity index (χ3n) is 4.10. The van der Waals surface area contributed by atoms with Gasteiger partial charge in [0.25, 0.3) is 0 Å². The molecule has 1 aromatic carbocycles. The molecule has 3 nitrogen and oxygen atoms in total. The molecule has 1 aliphatic carbocycles. The first-order valence-corrected chi connectivity index (χ1v) is 6.82. The maximum absolute atomic E-state index is 11.6. The summed E-state index contributed by atoms with van der Waals surface area (Å²) in [7, 11) is 0. The highest BCUT2D eigenvalue weighted by Crippen LogP contribution is 2.38. The van der Waals surface area contributed by atoms with Crippen LogP contribution in [0.1, 0.15) is 37.3 Å². The van der Waals surface area contributed by atoms with Crippen LogP contribution in [0.3, 0.4) is 0 Å². The smallest absolute Gasteiger partial charge is 0.323 e. The zero-order valence-electron chi connectivity index (χ0n) is 10.5. The highest BCUT2D eigenvalue weighted by molar-refractivity contribution is 5.77. The SMILES string of the molecule is O=C1OCC[C@H]1N[C@@H](c1ccccc1)C1CCC1. The molecule has 1 saturated carbocycles. The predicted molar refractivity (Wildman–Crippen MR) is 69.0 cm³/mol. The summed E-state index contributed by atoms with van der Waals surface area (Å²) in [5, 5.41) is 3.51. The standard InChI is InChI=1S/C15H19NO2/c17-15-13(9-10-18-15)16-14(12-7-4-8-12)11-5-2-1-3-6-11/h1-3,5-6,12-14,16H,4,7-10H2/t13-,14+/m1/s1. The van der Waals surface area contributed by atoms with Gasteiger partial charge in [0.2, 0.25) is 0 Å². The topological polar surface area (TPSA) is 38.3 Å². The molecule has 18 heavy (non-hydrogen) atoms. The lowest BCUT2D eigenvalue weighted by Gasteiger charge is -2.35. The van der Waals surface area contributed by atoms with Crippen molar-refractivity contribution in [2.75, 3.05) is 6.61 Å². The normalized spacial score (nSPS) is 25.6. The van der Waals surface area contributed by atoms with Gasteiger partial charge >= 0.3 is 5.97 Å². The largest absolute Gasteiger partial charge is 0.464 e. The molecule has 3 heteroatoms. The molecule has 1 aliphatic heterocycles. The number of nitrogens with one attached hydrogen (secondary N) is 1. The number of hydrogen-bond donors (Lipinski definition) is 1. The first-order chi connectivity index (χ1) is 8.84. The Bertz CT molecular complexity index is 414. The van der Waals surface area contributed by atoms with Crippen LogP contribution in [0.2, 0.25) is 0 Å². The molecule has 2 atom stereocenters. The van der Waals surface area contributed by atoms with Crippen LogP contribution in [-0.2, 0) is 9.53 Å². The third kappa shape index (κ3) is 2.27. The van der Waals surface area contributed by atoms with E-state index in [-0.39, 0.29) is 12.0 Å². The van der Waals surface area contributed by atoms with Crippen molar-refractivity contribution in [3.05, 3.63) is 35.9 Å². The Balaban J connectivity index is 1.75. The van der Waals surface area contributed by atoms with Gasteiger partial charge in [-0.05, 0) is 24.3 Å². The van der Waals surface area contributed by atoms with Crippen LogP contribution < -0.4 is 5.32 Å². The average molecular weight is 245 g/mol. The summed E-state index contributed by atoms with van der Waals surface area (Å²) < 4.78 is 5.03. The summed E-state index contributed by atoms with van der Waals surface area (Å²) in [6.45, 7) is 0.558. The van der Waals surface area contributed by atoms with E-state index in [0.29, 0.717) is 18.6 Å². The van der Waals surface area contributed by atoms with Crippen LogP contribution in [-0.4, -0.2) is 18.6 Å². The highest BCUT2D eigenvalue weighted by Gasteiger charge is 2.34. The van der Waals surface area contributed by atoms with Gasteiger partial charge in [-0.1, -0.05) is 36.8 Å². The van der Waals surface area contributed by atoms with Crippen molar-refractivity contribution in [1.82, 2.24) is 5.32 Å². The number of carbonyl (C=O) groups is 1. The number of carbonyl (C=O) groups excluding carboxylic acids is 1. The summed E-state index contributed by atoms with van der Waals surface area (Å²) in [4.78, 5) is 11.6. The van der Waals surface area contributed by atoms with Gasteiger partial charge < -0.3 is 4.74 Å². The van der Waals surface area contributed by atoms with Gasteiger partial charge in [-0.15, -0.1) is 0 Å². The van der Waals surface area contributed by atoms with Crippen LogP contribution in [0.5, 0.6) is 0 Å². The molecule has 1 saturated heterocycles. The van der Waals surface area contributed by atoms with Crippen molar-refractivity contribution in [1.29, 1.82) is 0 Å². The van der Waals surface area contributed by atoms with Gasteiger partial charge in [-0.25, -0.2) is 0 Å². The van der Waals surface area contributed by atoms with E-state index in [0.717, 1.165) is 6.42 Å². The molecule has 96 valence electrons. The molecular weight excluding hydrogens is 226 g/mol. The van der Waals surface area contributed by atoms with Gasteiger partial charge in [-0.2, -0.15) is 0 Å². The van der Waals surface area contributed by atoms with Crippen molar-refractivity contribution in [3.63, 3.8) is 0 Å². The third-order valence-corrected chi connectivity index (χ3v) is 4.10. The van der Waals surface area contributed by atoms with Gasteiger partial charge in [0.05, 0.1) is 6.61 Å². The zero-order valence-corrected chi connectivity index (χ0v) is 10.5. The van der Waals surface area contributed by atoms with E-state index >= 15 is 0 Å². The lowest BCUT2D eigenvalue weighted by Crippen LogP contribution is -2.41. The Hall–Kier alpha value is -1.35. The van der Waals surface area contributed by atoms with Gasteiger partial charge in [0.1, 0.15) is 6.04 Å². The summed E-state index contributed by atoms with van der Waals surface area (Å²) in [5.74, 6) is 0.580. The van der Waals surface area contributed by atoms with E-state index in [2.05, 4.69) is 29.6 Å². The van der Waals surface area contributed by atoms with E-state index in [9.17, 15) is 4.79 Å². The maximum Gasteiger partial charge on any atom is 0.323 e. The Morgan fingerprint density at radius 3 is 2.50 bits per heavy atom. The maximum atomic E-state index is 11.6. The second kappa shape index (κ2) is 5.11. The van der Waals surface area contributed by atoms with Crippen LogP contribution in [0, 0.1) is 5.92 Å². The van der Waals surface area contributed by atoms with E-state index < -0.39 is 0 Å². The molecule has 0 aromatic heterocycles. The lowest BCUT2D eigenvalue weighted by atomic mass is 9.77. The Morgan fingerprint density at radius 2 is 1.94 bits per heavy atom. The second-order valence-corrected chi connectivity index (χ2v) is 5.25. The number of rotatable bonds is 4. The number of benzene rings is 1. The van der Waals surface area contributed by atoms with Crippen molar-refractivity contribution in [2.24, 2.45) is 5.92 Å². The van der Waals surface area contributed by atoms with E-state index in [1.165, 1.54) is 24.8 Å². The fourth-order valence-electron chi connectivity index (χ4n) is 2.80. The summed E-state index contributed by atoms with van der Waals surface area (Å²) in [6.07, 6.45) is 4.63. The average Bonchev–Trinajstić information content (AvgIpc) is 2.73. The monoisotopic (exact) mass is 245 g/mol. The highest BCUT2D eigenvalue weighted by atomic mass is 16.5. The van der Waals surface area contributed by atoms with E-state index in [1.807, 2.05) is 6.07 Å². The second-order valence-electron chi connectivity index (χ2n) is 5.25. The number of esters is 1. The van der Waals surface area contributed by atoms with E-state index in [1.54, 1.807) is 0 Å². The molecule has 0 bridgehead atoms. The summed E-state index contributed by atoms with van der Waals surface area (Å²) in [5.41, 5.74) is 1.29. The Morgan fingerprint density at radius 1 is 1.17 bits per heavy atom. The first-order valence-electron chi connectivity index (χ1n) is 6.82. The molecule has 0 unspecified atom stereocenters. The zero-order chi connectivity index (χ0) is 12.4. The fourth-order valence-corrected chi connectivity index (χ4v) is 2.80. The minimum atomic E-state index is -0.115. The van der Waals surface area contributed by atoms with Crippen molar-refractivity contribution >= 4 is 5.97 Å². The minimum Gasteiger partial charge on any atom is -0.464 e. The summed E-state index contributed by atoms with van der Waals surface area (Å²) >= 11 is 0. The molecule has 0 amide bonds. The molecule has 1 N–H and O–H groups in total. The number of cyclic esters (lactones) is 1. The van der Waals surface area contributed by atoms with Gasteiger partial charge in [0.15, 0.2) is 0 Å². The number of ether oxygens (including phenoxy) is 1. The first kappa shape index (κ1) is 11.7. The molecule has 0 radical (unpaired) electrons. The molecule has 2 aliphatic rings. The lowest BCUT2D eigenvalue weighted by molar-refractivity contribution is -0.140. The molecular formula is C15H19NO2. The van der Waals surface area contributed by atoms with Crippen LogP contribution in [0.15, 0.2) is 30.3 Å². The van der Waals surface area contributed by atoms with Gasteiger partial charge in [0, 0.05) is 12.5 Å². The predicted octanol–water partition coefficient (Wildman–Crippen LogP) is 2.43. The fraction of sp³-hybridized carbons (Fsp3) is 0.533. The molecule has 1 heterocycles. The van der Waals surface area contributed by atoms with Gasteiger partial charge in [-0.3, -0.25) is 10.1 Å². The minimum absolute atomic E-state index is 0.0877. The van der Waals surface area contributed by atoms with Crippen molar-refractivity contribution < 1.29 is 9.53 Å². The van der Waals surface area contributed by atoms with Crippen LogP contribution in [0.25, 0.3) is 0 Å². The quantitative estimate of drug-likeness (QED) is 0.828. The van der Waals surface area contributed by atoms with Crippen LogP contribution >= 0.6 is 0 Å². The molecule has 2 fully saturated rings. The number of hydrogen-bond acceptors (Lipinski definition) is 3. The molecule has 1 aromatic rings. The van der Waals surface area contributed by atoms with Crippen molar-refractivity contribution in [2.45, 2.75) is 37.8 Å². The Kier molecular flexibility index (Phi) is 3.33. The van der Waals surface area contributed by atoms with Crippen molar-refractivity contribution in [3.8, 4) is 0 Å². The Labute approximate surface area is 108 Å². The summed E-state index contributed by atoms with van der Waals surface area (Å²) in [6, 6.07) is 10.6. The van der Waals surface area contributed by atoms with Crippen LogP contribution in [0.4, 0.5) is 0 Å². The van der Waals surface area contributed by atoms with E-state index in [4.69, 9.17) is 4.74 Å². The molecule has 3 rings (SSSR count).